The SMILES string of the molecule is Cc1ccsc1CNCCN(C)CC1CCN(C)CC1. The number of hydrogen-bond donors (Lipinski definition) is 1. The number of nitrogens with zero attached hydrogens (tertiary/aromatic N) is 2. The van der Waals surface area contributed by atoms with Gasteiger partial charge >= 0.3 is 0 Å². The number of rotatable bonds is 7. The van der Waals surface area contributed by atoms with Crippen molar-refractivity contribution in [1.82, 2.24) is 15.1 Å². The van der Waals surface area contributed by atoms with Crippen molar-refractivity contribution in [2.45, 2.75) is 26.3 Å². The zero-order valence-electron chi connectivity index (χ0n) is 13.2. The summed E-state index contributed by atoms with van der Waals surface area (Å²) in [6.45, 7) is 9.25. The van der Waals surface area contributed by atoms with Crippen LogP contribution in [0.15, 0.2) is 11.4 Å². The van der Waals surface area contributed by atoms with Crippen LogP contribution in [0.25, 0.3) is 0 Å². The molecule has 0 unspecified atom stereocenters. The fraction of sp³-hybridized carbons (Fsp3) is 0.750. The molecule has 3 nitrogen and oxygen atoms in total. The molecule has 0 saturated carbocycles. The van der Waals surface area contributed by atoms with Crippen LogP contribution in [-0.2, 0) is 6.54 Å². The molecule has 0 amide bonds. The molecule has 1 aliphatic rings. The summed E-state index contributed by atoms with van der Waals surface area (Å²) in [5.74, 6) is 0.899. The smallest absolute Gasteiger partial charge is 0.0302 e. The molecule has 0 aliphatic carbocycles. The molecule has 20 heavy (non-hydrogen) atoms. The van der Waals surface area contributed by atoms with Crippen LogP contribution in [0.1, 0.15) is 23.3 Å². The Kier molecular flexibility index (Phi) is 6.49. The van der Waals surface area contributed by atoms with Crippen LogP contribution in [0.5, 0.6) is 0 Å². The number of aryl methyl sites for hydroxylation is 1. The van der Waals surface area contributed by atoms with Gasteiger partial charge in [0.05, 0.1) is 0 Å². The van der Waals surface area contributed by atoms with Crippen molar-refractivity contribution < 1.29 is 0 Å². The first-order valence-corrected chi connectivity index (χ1v) is 8.64. The highest BCUT2D eigenvalue weighted by atomic mass is 32.1. The van der Waals surface area contributed by atoms with Gasteiger partial charge in [0.2, 0.25) is 0 Å². The lowest BCUT2D eigenvalue weighted by Crippen LogP contribution is -2.37. The van der Waals surface area contributed by atoms with Gasteiger partial charge in [-0.2, -0.15) is 0 Å². The highest BCUT2D eigenvalue weighted by molar-refractivity contribution is 7.10. The molecule has 0 spiro atoms. The number of nitrogens with one attached hydrogen (secondary N) is 1. The number of likely N-dealkylation sites (N-methyl/N-ethyl adjacent to an activating group) is 1. The van der Waals surface area contributed by atoms with Gasteiger partial charge in [-0.15, -0.1) is 11.3 Å². The number of thiophene rings is 1. The molecule has 0 radical (unpaired) electrons. The van der Waals surface area contributed by atoms with Gasteiger partial charge in [-0.1, -0.05) is 0 Å². The van der Waals surface area contributed by atoms with E-state index in [1.165, 1.54) is 42.9 Å². The van der Waals surface area contributed by atoms with Crippen LogP contribution in [-0.4, -0.2) is 56.6 Å². The Bertz CT molecular complexity index is 383. The van der Waals surface area contributed by atoms with E-state index in [2.05, 4.69) is 47.6 Å². The van der Waals surface area contributed by atoms with Gasteiger partial charge in [0.25, 0.3) is 0 Å². The molecule has 1 saturated heterocycles. The van der Waals surface area contributed by atoms with Gasteiger partial charge in [-0.3, -0.25) is 0 Å². The molecule has 4 heteroatoms. The largest absolute Gasteiger partial charge is 0.311 e. The van der Waals surface area contributed by atoms with Crippen LogP contribution >= 0.6 is 11.3 Å². The van der Waals surface area contributed by atoms with E-state index < -0.39 is 0 Å². The Balaban J connectivity index is 1.56. The van der Waals surface area contributed by atoms with Crippen LogP contribution in [0, 0.1) is 12.8 Å². The first-order valence-electron chi connectivity index (χ1n) is 7.76. The second-order valence-corrected chi connectivity index (χ2v) is 7.21. The minimum absolute atomic E-state index is 0.899. The zero-order chi connectivity index (χ0) is 14.4. The van der Waals surface area contributed by atoms with E-state index in [0.717, 1.165) is 25.6 Å². The van der Waals surface area contributed by atoms with E-state index in [-0.39, 0.29) is 0 Å². The number of piperidine rings is 1. The summed E-state index contributed by atoms with van der Waals surface area (Å²) in [6.07, 6.45) is 2.73. The molecule has 2 heterocycles. The van der Waals surface area contributed by atoms with E-state index >= 15 is 0 Å². The average Bonchev–Trinajstić information content (AvgIpc) is 2.83. The summed E-state index contributed by atoms with van der Waals surface area (Å²) in [4.78, 5) is 6.41. The molecule has 0 atom stereocenters. The second kappa shape index (κ2) is 8.13. The van der Waals surface area contributed by atoms with Crippen LogP contribution in [0.3, 0.4) is 0 Å². The Morgan fingerprint density at radius 1 is 1.40 bits per heavy atom. The van der Waals surface area contributed by atoms with E-state index in [0.29, 0.717) is 0 Å². The maximum absolute atomic E-state index is 3.56. The Labute approximate surface area is 128 Å². The van der Waals surface area contributed by atoms with E-state index in [1.807, 2.05) is 11.3 Å². The normalized spacial score (nSPS) is 18.0. The highest BCUT2D eigenvalue weighted by Crippen LogP contribution is 2.17. The van der Waals surface area contributed by atoms with Crippen LogP contribution in [0.2, 0.25) is 0 Å². The van der Waals surface area contributed by atoms with Crippen molar-refractivity contribution in [2.24, 2.45) is 5.92 Å². The fourth-order valence-electron chi connectivity index (χ4n) is 2.83. The summed E-state index contributed by atoms with van der Waals surface area (Å²) in [7, 11) is 4.49. The van der Waals surface area contributed by atoms with Crippen molar-refractivity contribution >= 4 is 11.3 Å². The van der Waals surface area contributed by atoms with Crippen molar-refractivity contribution in [2.75, 3.05) is 46.8 Å². The predicted molar refractivity (Wildman–Crippen MR) is 88.5 cm³/mol. The molecule has 1 aromatic heterocycles. The van der Waals surface area contributed by atoms with Crippen molar-refractivity contribution in [3.63, 3.8) is 0 Å². The maximum atomic E-state index is 3.56. The lowest BCUT2D eigenvalue weighted by atomic mass is 9.97. The lowest BCUT2D eigenvalue weighted by molar-refractivity contribution is 0.176. The fourth-order valence-corrected chi connectivity index (χ4v) is 3.71. The number of hydrogen-bond acceptors (Lipinski definition) is 4. The zero-order valence-corrected chi connectivity index (χ0v) is 14.0. The molecule has 0 aromatic carbocycles. The van der Waals surface area contributed by atoms with Gasteiger partial charge in [0.1, 0.15) is 0 Å². The van der Waals surface area contributed by atoms with Crippen LogP contribution < -0.4 is 5.32 Å². The quantitative estimate of drug-likeness (QED) is 0.780. The van der Waals surface area contributed by atoms with Gasteiger partial charge in [0, 0.05) is 31.1 Å². The summed E-state index contributed by atoms with van der Waals surface area (Å²) in [5.41, 5.74) is 1.42. The van der Waals surface area contributed by atoms with Crippen LogP contribution in [0.4, 0.5) is 0 Å². The Morgan fingerprint density at radius 3 is 2.80 bits per heavy atom. The standard InChI is InChI=1S/C16H29N3S/c1-14-6-11-20-16(14)12-17-7-10-19(3)13-15-4-8-18(2)9-5-15/h6,11,15,17H,4-5,7-10,12-13H2,1-3H3. The highest BCUT2D eigenvalue weighted by Gasteiger charge is 2.17. The van der Waals surface area contributed by atoms with Crippen molar-refractivity contribution in [1.29, 1.82) is 0 Å². The van der Waals surface area contributed by atoms with Gasteiger partial charge in [0.15, 0.2) is 0 Å². The Hall–Kier alpha value is -0.420. The molecule has 0 bridgehead atoms. The van der Waals surface area contributed by atoms with E-state index in [9.17, 15) is 0 Å². The van der Waals surface area contributed by atoms with Crippen molar-refractivity contribution in [3.8, 4) is 0 Å². The lowest BCUT2D eigenvalue weighted by Gasteiger charge is -2.31. The first kappa shape index (κ1) is 16.0. The van der Waals surface area contributed by atoms with Gasteiger partial charge in [-0.25, -0.2) is 0 Å². The minimum atomic E-state index is 0.899. The van der Waals surface area contributed by atoms with Gasteiger partial charge < -0.3 is 15.1 Å². The molecule has 2 rings (SSSR count). The first-order chi connectivity index (χ1) is 9.65. The molecular weight excluding hydrogens is 266 g/mol. The molecule has 114 valence electrons. The minimum Gasteiger partial charge on any atom is -0.311 e. The van der Waals surface area contributed by atoms with Gasteiger partial charge in [-0.05, 0) is 69.9 Å². The van der Waals surface area contributed by atoms with E-state index in [4.69, 9.17) is 0 Å². The maximum Gasteiger partial charge on any atom is 0.0302 e. The predicted octanol–water partition coefficient (Wildman–Crippen LogP) is 2.42. The third-order valence-corrected chi connectivity index (χ3v) is 5.36. The summed E-state index contributed by atoms with van der Waals surface area (Å²) >= 11 is 1.86. The monoisotopic (exact) mass is 295 g/mol. The molecular formula is C16H29N3S. The molecule has 1 fully saturated rings. The van der Waals surface area contributed by atoms with E-state index in [1.54, 1.807) is 0 Å². The Morgan fingerprint density at radius 2 is 2.15 bits per heavy atom. The van der Waals surface area contributed by atoms with Crippen molar-refractivity contribution in [3.05, 3.63) is 21.9 Å². The second-order valence-electron chi connectivity index (χ2n) is 6.21. The molecule has 1 N–H and O–H groups in total. The third kappa shape index (κ3) is 5.17. The number of likely N-dealkylation sites (tertiary alicyclic amines) is 1. The average molecular weight is 295 g/mol. The summed E-state index contributed by atoms with van der Waals surface area (Å²) in [6, 6.07) is 2.20. The molecule has 1 aromatic rings. The summed E-state index contributed by atoms with van der Waals surface area (Å²) < 4.78 is 0. The third-order valence-electron chi connectivity index (χ3n) is 4.33. The summed E-state index contributed by atoms with van der Waals surface area (Å²) in [5, 5.41) is 5.74. The molecule has 1 aliphatic heterocycles. The topological polar surface area (TPSA) is 18.5 Å².